The van der Waals surface area contributed by atoms with Gasteiger partial charge in [0.2, 0.25) is 11.8 Å². The summed E-state index contributed by atoms with van der Waals surface area (Å²) >= 11 is 0. The smallest absolute Gasteiger partial charge is 0.224 e. The largest absolute Gasteiger partial charge is 0.392 e. The van der Waals surface area contributed by atoms with Gasteiger partial charge >= 0.3 is 0 Å². The van der Waals surface area contributed by atoms with Crippen LogP contribution in [0.4, 0.5) is 5.69 Å². The van der Waals surface area contributed by atoms with Crippen LogP contribution in [-0.4, -0.2) is 54.6 Å². The van der Waals surface area contributed by atoms with Crippen LogP contribution in [0.3, 0.4) is 0 Å². The quantitative estimate of drug-likeness (QED) is 0.249. The van der Waals surface area contributed by atoms with E-state index < -0.39 is 6.29 Å². The number of aliphatic hydroxyl groups excluding tert-OH is 1. The number of benzene rings is 2. The normalized spacial score (nSPS) is 19.2. The second-order valence-electron chi connectivity index (χ2n) is 9.83. The number of likely N-dealkylation sites (N-methyl/N-ethyl adjacent to an activating group) is 1. The van der Waals surface area contributed by atoms with Gasteiger partial charge in [0.05, 0.1) is 18.8 Å². The third-order valence-corrected chi connectivity index (χ3v) is 6.47. The van der Waals surface area contributed by atoms with Gasteiger partial charge in [-0.15, -0.1) is 6.58 Å². The number of anilines is 1. The van der Waals surface area contributed by atoms with Crippen molar-refractivity contribution in [3.05, 3.63) is 77.9 Å². The fraction of sp³-hybridized carbons (Fsp3) is 0.467. The Labute approximate surface area is 226 Å². The van der Waals surface area contributed by atoms with E-state index in [9.17, 15) is 14.7 Å². The van der Waals surface area contributed by atoms with Crippen molar-refractivity contribution in [3.8, 4) is 0 Å². The van der Waals surface area contributed by atoms with Crippen LogP contribution >= 0.6 is 0 Å². The molecule has 1 aliphatic heterocycles. The Hall–Kier alpha value is -3.04. The summed E-state index contributed by atoms with van der Waals surface area (Å²) in [6, 6.07) is 15.4. The van der Waals surface area contributed by atoms with E-state index in [2.05, 4.69) is 22.1 Å². The van der Waals surface area contributed by atoms with Crippen molar-refractivity contribution in [2.75, 3.05) is 32.0 Å². The van der Waals surface area contributed by atoms with Crippen LogP contribution in [0, 0.1) is 0 Å². The summed E-state index contributed by atoms with van der Waals surface area (Å²) in [4.78, 5) is 25.6. The maximum absolute atomic E-state index is 12.5. The Morgan fingerprint density at radius 2 is 1.89 bits per heavy atom. The van der Waals surface area contributed by atoms with Crippen molar-refractivity contribution in [2.24, 2.45) is 0 Å². The summed E-state index contributed by atoms with van der Waals surface area (Å²) in [5, 5.41) is 15.2. The average Bonchev–Trinajstić information content (AvgIpc) is 2.90. The molecule has 2 amide bonds. The zero-order valence-corrected chi connectivity index (χ0v) is 22.5. The van der Waals surface area contributed by atoms with Crippen LogP contribution in [0.25, 0.3) is 0 Å². The van der Waals surface area contributed by atoms with Crippen molar-refractivity contribution in [3.63, 3.8) is 0 Å². The Balaban J connectivity index is 1.64. The first-order valence-electron chi connectivity index (χ1n) is 13.3. The molecule has 0 aromatic heterocycles. The summed E-state index contributed by atoms with van der Waals surface area (Å²) in [6.45, 7) is 7.46. The Bertz CT molecular complexity index is 1040. The molecule has 8 nitrogen and oxygen atoms in total. The zero-order chi connectivity index (χ0) is 27.3. The van der Waals surface area contributed by atoms with E-state index in [-0.39, 0.29) is 30.6 Å². The molecule has 2 aromatic carbocycles. The molecule has 1 heterocycles. The highest BCUT2D eigenvalue weighted by Gasteiger charge is 2.32. The molecule has 0 saturated carbocycles. The van der Waals surface area contributed by atoms with Gasteiger partial charge in [0, 0.05) is 50.7 Å². The minimum atomic E-state index is -0.584. The molecular formula is C30H41N3O5. The van der Waals surface area contributed by atoms with Crippen molar-refractivity contribution >= 4 is 17.5 Å². The van der Waals surface area contributed by atoms with Crippen molar-refractivity contribution in [1.82, 2.24) is 10.2 Å². The standard InChI is InChI=1S/C30H41N3O5/c1-4-17-33(3)20-27-19-28(24-14-12-23(21-34)13-15-24)38-30(37-27)25-9-8-10-26(18-25)32-29(36)11-6-5-7-16-31-22(2)35/h4,8-10,12-15,18,27-28,30,34H,1,5-7,11,16-17,19-21H2,2-3H3,(H,31,35)(H,32,36). The van der Waals surface area contributed by atoms with E-state index in [1.807, 2.05) is 61.7 Å². The lowest BCUT2D eigenvalue weighted by Gasteiger charge is -2.37. The maximum Gasteiger partial charge on any atom is 0.224 e. The Morgan fingerprint density at radius 3 is 2.61 bits per heavy atom. The highest BCUT2D eigenvalue weighted by atomic mass is 16.7. The molecule has 0 spiro atoms. The number of hydrogen-bond acceptors (Lipinski definition) is 6. The lowest BCUT2D eigenvalue weighted by molar-refractivity contribution is -0.252. The molecule has 38 heavy (non-hydrogen) atoms. The van der Waals surface area contributed by atoms with Gasteiger partial charge in [0.1, 0.15) is 0 Å². The van der Waals surface area contributed by atoms with Gasteiger partial charge < -0.3 is 30.1 Å². The molecule has 1 aliphatic rings. The predicted molar refractivity (Wildman–Crippen MR) is 148 cm³/mol. The molecule has 3 rings (SSSR count). The van der Waals surface area contributed by atoms with Gasteiger partial charge in [-0.3, -0.25) is 9.59 Å². The molecule has 0 bridgehead atoms. The molecule has 3 N–H and O–H groups in total. The molecule has 2 aromatic rings. The number of aliphatic hydroxyl groups is 1. The lowest BCUT2D eigenvalue weighted by Crippen LogP contribution is -2.37. The lowest BCUT2D eigenvalue weighted by atomic mass is 9.99. The number of ether oxygens (including phenoxy) is 2. The second kappa shape index (κ2) is 15.4. The monoisotopic (exact) mass is 523 g/mol. The van der Waals surface area contributed by atoms with E-state index in [4.69, 9.17) is 9.47 Å². The molecule has 0 aliphatic carbocycles. The fourth-order valence-electron chi connectivity index (χ4n) is 4.51. The minimum Gasteiger partial charge on any atom is -0.392 e. The second-order valence-corrected chi connectivity index (χ2v) is 9.83. The SMILES string of the molecule is C=CCN(C)CC1CC(c2ccc(CO)cc2)OC(c2cccc(NC(=O)CCCCCNC(C)=O)c2)O1. The average molecular weight is 524 g/mol. The van der Waals surface area contributed by atoms with Crippen LogP contribution in [-0.2, 0) is 25.7 Å². The van der Waals surface area contributed by atoms with Crippen LogP contribution in [0.15, 0.2) is 61.2 Å². The third-order valence-electron chi connectivity index (χ3n) is 6.47. The summed E-state index contributed by atoms with van der Waals surface area (Å²) in [7, 11) is 2.04. The van der Waals surface area contributed by atoms with Crippen LogP contribution in [0.1, 0.15) is 68.1 Å². The number of nitrogens with zero attached hydrogens (tertiary/aromatic N) is 1. The molecule has 1 fully saturated rings. The number of carbonyl (C=O) groups excluding carboxylic acids is 2. The maximum atomic E-state index is 12.5. The summed E-state index contributed by atoms with van der Waals surface area (Å²) in [6.07, 6.45) is 4.67. The van der Waals surface area contributed by atoms with E-state index in [1.165, 1.54) is 6.92 Å². The number of rotatable bonds is 14. The van der Waals surface area contributed by atoms with Gasteiger partial charge in [-0.25, -0.2) is 0 Å². The van der Waals surface area contributed by atoms with E-state index in [0.29, 0.717) is 25.1 Å². The molecule has 3 atom stereocenters. The third kappa shape index (κ3) is 9.68. The van der Waals surface area contributed by atoms with Crippen molar-refractivity contribution in [2.45, 2.75) is 64.1 Å². The topological polar surface area (TPSA) is 100 Å². The number of hydrogen-bond donors (Lipinski definition) is 3. The van der Waals surface area contributed by atoms with Gasteiger partial charge in [-0.1, -0.05) is 48.9 Å². The van der Waals surface area contributed by atoms with Crippen LogP contribution in [0.5, 0.6) is 0 Å². The van der Waals surface area contributed by atoms with Crippen molar-refractivity contribution in [1.29, 1.82) is 0 Å². The first kappa shape index (κ1) is 29.5. The van der Waals surface area contributed by atoms with Gasteiger partial charge in [0.15, 0.2) is 6.29 Å². The van der Waals surface area contributed by atoms with Gasteiger partial charge in [0.25, 0.3) is 0 Å². The summed E-state index contributed by atoms with van der Waals surface area (Å²) in [5.41, 5.74) is 3.43. The molecular weight excluding hydrogens is 482 g/mol. The van der Waals surface area contributed by atoms with Crippen molar-refractivity contribution < 1.29 is 24.2 Å². The molecule has 8 heteroatoms. The first-order chi connectivity index (χ1) is 18.4. The number of amides is 2. The first-order valence-corrected chi connectivity index (χ1v) is 13.3. The molecule has 3 unspecified atom stereocenters. The van der Waals surface area contributed by atoms with E-state index in [1.54, 1.807) is 0 Å². The van der Waals surface area contributed by atoms with Gasteiger partial charge in [-0.05, 0) is 43.1 Å². The highest BCUT2D eigenvalue weighted by Crippen LogP contribution is 2.38. The Morgan fingerprint density at radius 1 is 1.11 bits per heavy atom. The van der Waals surface area contributed by atoms with Crippen LogP contribution in [0.2, 0.25) is 0 Å². The summed E-state index contributed by atoms with van der Waals surface area (Å²) < 4.78 is 12.8. The Kier molecular flexibility index (Phi) is 12.0. The number of unbranched alkanes of at least 4 members (excludes halogenated alkanes) is 2. The molecule has 206 valence electrons. The number of carbonyl (C=O) groups is 2. The zero-order valence-electron chi connectivity index (χ0n) is 22.5. The summed E-state index contributed by atoms with van der Waals surface area (Å²) in [5.74, 6) is -0.0764. The van der Waals surface area contributed by atoms with E-state index >= 15 is 0 Å². The highest BCUT2D eigenvalue weighted by molar-refractivity contribution is 5.90. The molecule has 1 saturated heterocycles. The predicted octanol–water partition coefficient (Wildman–Crippen LogP) is 4.48. The minimum absolute atomic E-state index is 0.00208. The van der Waals surface area contributed by atoms with E-state index in [0.717, 1.165) is 49.0 Å². The van der Waals surface area contributed by atoms with Gasteiger partial charge in [-0.2, -0.15) is 0 Å². The van der Waals surface area contributed by atoms with Crippen LogP contribution < -0.4 is 10.6 Å². The molecule has 0 radical (unpaired) electrons. The number of nitrogens with one attached hydrogen (secondary N) is 2. The fourth-order valence-corrected chi connectivity index (χ4v) is 4.51.